The van der Waals surface area contributed by atoms with E-state index in [2.05, 4.69) is 69.0 Å². The van der Waals surface area contributed by atoms with E-state index in [0.717, 1.165) is 31.2 Å². The minimum absolute atomic E-state index is 0.178. The van der Waals surface area contributed by atoms with Crippen LogP contribution in [0.3, 0.4) is 0 Å². The molecule has 2 aliphatic heterocycles. The average molecular weight is 333 g/mol. The molecule has 0 amide bonds. The summed E-state index contributed by atoms with van der Waals surface area (Å²) in [5.74, 6) is 1.85. The van der Waals surface area contributed by atoms with E-state index in [1.807, 2.05) is 0 Å². The van der Waals surface area contributed by atoms with Crippen LogP contribution in [0.15, 0.2) is 36.4 Å². The van der Waals surface area contributed by atoms with Gasteiger partial charge in [0, 0.05) is 25.2 Å². The van der Waals surface area contributed by atoms with Crippen LogP contribution in [0.2, 0.25) is 6.32 Å². The molecule has 0 aliphatic carbocycles. The number of hydrogen-bond acceptors (Lipinski definition) is 2. The van der Waals surface area contributed by atoms with Gasteiger partial charge in [0.1, 0.15) is 18.6 Å². The monoisotopic (exact) mass is 333 g/mol. The minimum atomic E-state index is -0.178. The van der Waals surface area contributed by atoms with Crippen molar-refractivity contribution in [3.8, 4) is 5.75 Å². The van der Waals surface area contributed by atoms with Gasteiger partial charge in [0.2, 0.25) is 0 Å². The number of rotatable bonds is 3. The first-order chi connectivity index (χ1) is 11.9. The van der Waals surface area contributed by atoms with Gasteiger partial charge in [-0.25, -0.2) is 0 Å². The molecule has 0 saturated carbocycles. The van der Waals surface area contributed by atoms with Crippen LogP contribution in [0, 0.1) is 13.8 Å². The molecule has 0 aromatic heterocycles. The fourth-order valence-corrected chi connectivity index (χ4v) is 3.98. The second kappa shape index (κ2) is 6.21. The Morgan fingerprint density at radius 2 is 1.96 bits per heavy atom. The van der Waals surface area contributed by atoms with Gasteiger partial charge >= 0.3 is 0 Å². The average Bonchev–Trinajstić information content (AvgIpc) is 3.36. The summed E-state index contributed by atoms with van der Waals surface area (Å²) in [4.78, 5) is 2.55. The second-order valence-electron chi connectivity index (χ2n) is 8.58. The number of aryl methyl sites for hydroxylation is 2. The molecule has 1 unspecified atom stereocenters. The quantitative estimate of drug-likeness (QED) is 0.773. The summed E-state index contributed by atoms with van der Waals surface area (Å²) in [5, 5.41) is 0. The molecule has 25 heavy (non-hydrogen) atoms. The Morgan fingerprint density at radius 3 is 2.72 bits per heavy atom. The summed E-state index contributed by atoms with van der Waals surface area (Å²) in [7, 11) is 1.36. The van der Waals surface area contributed by atoms with E-state index in [1.165, 1.54) is 41.4 Å². The molecule has 0 radical (unpaired) electrons. The molecule has 4 rings (SSSR count). The summed E-state index contributed by atoms with van der Waals surface area (Å²) >= 11 is 0. The van der Waals surface area contributed by atoms with E-state index in [1.54, 1.807) is 0 Å². The summed E-state index contributed by atoms with van der Waals surface area (Å²) < 4.78 is 6.33. The van der Waals surface area contributed by atoms with E-state index in [4.69, 9.17) is 4.74 Å². The molecule has 0 N–H and O–H groups in total. The van der Waals surface area contributed by atoms with E-state index < -0.39 is 0 Å². The summed E-state index contributed by atoms with van der Waals surface area (Å²) in [6.07, 6.45) is 1.36. The Labute approximate surface area is 152 Å². The highest BCUT2D eigenvalue weighted by atomic mass is 16.5. The minimum Gasteiger partial charge on any atom is -0.486 e. The highest BCUT2D eigenvalue weighted by Crippen LogP contribution is 2.34. The van der Waals surface area contributed by atoms with Gasteiger partial charge in [-0.3, -0.25) is 4.90 Å². The molecule has 2 heterocycles. The van der Waals surface area contributed by atoms with Crippen molar-refractivity contribution in [3.63, 3.8) is 0 Å². The highest BCUT2D eigenvalue weighted by Gasteiger charge is 2.30. The Kier molecular flexibility index (Phi) is 4.15. The third-order valence-electron chi connectivity index (χ3n) is 5.42. The van der Waals surface area contributed by atoms with Gasteiger partial charge in [-0.2, -0.15) is 0 Å². The molecule has 2 aliphatic rings. The zero-order valence-electron chi connectivity index (χ0n) is 15.9. The Bertz CT molecular complexity index is 795. The van der Waals surface area contributed by atoms with Gasteiger partial charge in [0.05, 0.1) is 0 Å². The topological polar surface area (TPSA) is 12.5 Å². The summed E-state index contributed by atoms with van der Waals surface area (Å²) in [5.41, 5.74) is 6.83. The highest BCUT2D eigenvalue weighted by molar-refractivity contribution is 6.51. The zero-order valence-corrected chi connectivity index (χ0v) is 15.9. The van der Waals surface area contributed by atoms with Gasteiger partial charge in [0.15, 0.2) is 0 Å². The maximum absolute atomic E-state index is 6.33. The number of ether oxygens (including phenoxy) is 1. The van der Waals surface area contributed by atoms with Crippen LogP contribution >= 0.6 is 0 Å². The molecule has 2 aromatic rings. The molecular weight excluding hydrogens is 305 g/mol. The van der Waals surface area contributed by atoms with Crippen LogP contribution in [0.4, 0.5) is 0 Å². The van der Waals surface area contributed by atoms with Crippen molar-refractivity contribution >= 4 is 7.28 Å². The third-order valence-corrected chi connectivity index (χ3v) is 5.42. The Morgan fingerprint density at radius 1 is 1.16 bits per heavy atom. The maximum atomic E-state index is 6.33. The molecule has 2 nitrogen and oxygen atoms in total. The van der Waals surface area contributed by atoms with E-state index in [-0.39, 0.29) is 5.60 Å². The number of hydrogen-bond donors (Lipinski definition) is 0. The van der Waals surface area contributed by atoms with Gasteiger partial charge < -0.3 is 4.74 Å². The number of benzene rings is 2. The molecule has 1 atom stereocenters. The normalized spacial score (nSPS) is 21.7. The van der Waals surface area contributed by atoms with Crippen LogP contribution in [-0.2, 0) is 13.1 Å². The van der Waals surface area contributed by atoms with Crippen molar-refractivity contribution in [2.24, 2.45) is 0 Å². The van der Waals surface area contributed by atoms with Crippen LogP contribution in [0.1, 0.15) is 47.5 Å². The zero-order chi connectivity index (χ0) is 17.6. The van der Waals surface area contributed by atoms with E-state index >= 15 is 0 Å². The van der Waals surface area contributed by atoms with Gasteiger partial charge in [-0.1, -0.05) is 47.8 Å². The lowest BCUT2D eigenvalue weighted by atomic mass is 9.93. The molecule has 0 bridgehead atoms. The molecule has 1 fully saturated rings. The summed E-state index contributed by atoms with van der Waals surface area (Å²) in [6, 6.07) is 13.6. The van der Waals surface area contributed by atoms with Crippen LogP contribution in [-0.4, -0.2) is 24.3 Å². The SMILES string of the molecule is Cc1ccc2c(c1)CN(Cc1cc(C3BC3)ccc1C)CC(C)(C)O2. The largest absolute Gasteiger partial charge is 0.486 e. The molecule has 3 heteroatoms. The lowest BCUT2D eigenvalue weighted by Gasteiger charge is -2.30. The molecule has 1 saturated heterocycles. The van der Waals surface area contributed by atoms with Crippen LogP contribution in [0.25, 0.3) is 0 Å². The standard InChI is InChI=1S/C22H28BNO/c1-15-5-8-21-19(9-15)13-24(14-22(3,4)25-21)12-18-10-17(20-11-23-20)7-6-16(18)2/h5-10,20,23H,11-14H2,1-4H3. The van der Waals surface area contributed by atoms with Crippen molar-refractivity contribution in [3.05, 3.63) is 64.2 Å². The fraction of sp³-hybridized carbons (Fsp3) is 0.455. The van der Waals surface area contributed by atoms with Crippen molar-refractivity contribution in [1.82, 2.24) is 4.90 Å². The van der Waals surface area contributed by atoms with E-state index in [0.29, 0.717) is 0 Å². The van der Waals surface area contributed by atoms with Crippen molar-refractivity contribution < 1.29 is 4.74 Å². The first kappa shape index (κ1) is 16.7. The van der Waals surface area contributed by atoms with Crippen molar-refractivity contribution in [1.29, 1.82) is 0 Å². The molecular formula is C22H28BNO. The molecule has 2 aromatic carbocycles. The van der Waals surface area contributed by atoms with Gasteiger partial charge in [0.25, 0.3) is 0 Å². The van der Waals surface area contributed by atoms with Crippen molar-refractivity contribution in [2.45, 2.75) is 58.5 Å². The predicted octanol–water partition coefficient (Wildman–Crippen LogP) is 4.39. The summed E-state index contributed by atoms with van der Waals surface area (Å²) in [6.45, 7) is 11.7. The third kappa shape index (κ3) is 3.77. The van der Waals surface area contributed by atoms with Gasteiger partial charge in [-0.15, -0.1) is 0 Å². The predicted molar refractivity (Wildman–Crippen MR) is 106 cm³/mol. The second-order valence-corrected chi connectivity index (χ2v) is 8.58. The smallest absolute Gasteiger partial charge is 0.128 e. The van der Waals surface area contributed by atoms with Crippen LogP contribution in [0.5, 0.6) is 5.75 Å². The maximum Gasteiger partial charge on any atom is 0.128 e. The first-order valence-electron chi connectivity index (χ1n) is 9.50. The molecule has 0 spiro atoms. The number of fused-ring (bicyclic) bond motifs is 1. The molecule has 130 valence electrons. The Hall–Kier alpha value is -1.74. The lowest BCUT2D eigenvalue weighted by Crippen LogP contribution is -2.40. The lowest BCUT2D eigenvalue weighted by molar-refractivity contribution is 0.0682. The Balaban J connectivity index is 1.62. The van der Waals surface area contributed by atoms with Crippen LogP contribution < -0.4 is 4.74 Å². The van der Waals surface area contributed by atoms with Gasteiger partial charge in [-0.05, 0) is 50.7 Å². The fourth-order valence-electron chi connectivity index (χ4n) is 3.98. The van der Waals surface area contributed by atoms with Crippen molar-refractivity contribution in [2.75, 3.05) is 6.54 Å². The van der Waals surface area contributed by atoms with E-state index in [9.17, 15) is 0 Å². The first-order valence-corrected chi connectivity index (χ1v) is 9.50. The number of nitrogens with zero attached hydrogens (tertiary/aromatic N) is 1.